The van der Waals surface area contributed by atoms with E-state index in [1.54, 1.807) is 32.4 Å². The zero-order valence-electron chi connectivity index (χ0n) is 19.9. The molecule has 1 saturated heterocycles. The molecule has 9 heteroatoms. The molecule has 8 nitrogen and oxygen atoms in total. The summed E-state index contributed by atoms with van der Waals surface area (Å²) in [6, 6.07) is 17.2. The Labute approximate surface area is 205 Å². The number of carbonyl (C=O) groups excluding carboxylic acids is 1. The molecule has 3 aromatic rings. The molecule has 0 atom stereocenters. The van der Waals surface area contributed by atoms with Crippen LogP contribution in [0.25, 0.3) is 11.1 Å². The maximum absolute atomic E-state index is 13.2. The monoisotopic (exact) mass is 496 g/mol. The number of carbonyl (C=O) groups is 1. The molecule has 1 amide bonds. The van der Waals surface area contributed by atoms with E-state index in [9.17, 15) is 13.2 Å². The van der Waals surface area contributed by atoms with Crippen LogP contribution in [-0.2, 0) is 10.0 Å². The normalized spacial score (nSPS) is 13.9. The third-order valence-corrected chi connectivity index (χ3v) is 7.89. The maximum Gasteiger partial charge on any atom is 0.255 e. The van der Waals surface area contributed by atoms with Crippen molar-refractivity contribution in [1.29, 1.82) is 0 Å². The topological polar surface area (TPSA) is 94.2 Å². The second kappa shape index (κ2) is 10.4. The first kappa shape index (κ1) is 24.6. The number of ether oxygens (including phenoxy) is 3. The molecule has 0 bridgehead atoms. The van der Waals surface area contributed by atoms with Gasteiger partial charge in [-0.05, 0) is 66.9 Å². The lowest BCUT2D eigenvalue weighted by molar-refractivity contribution is 0.102. The molecule has 1 N–H and O–H groups in total. The summed E-state index contributed by atoms with van der Waals surface area (Å²) in [4.78, 5) is 13.1. The Bertz CT molecular complexity index is 1320. The van der Waals surface area contributed by atoms with E-state index in [-0.39, 0.29) is 16.2 Å². The summed E-state index contributed by atoms with van der Waals surface area (Å²) in [5.41, 5.74) is 2.44. The van der Waals surface area contributed by atoms with Gasteiger partial charge in [0.2, 0.25) is 10.0 Å². The molecule has 0 radical (unpaired) electrons. The van der Waals surface area contributed by atoms with E-state index in [1.807, 2.05) is 30.3 Å². The number of amides is 1. The SMILES string of the molecule is COc1ccc(-c2cc(NC(=O)c3ccc(OC)c(S(=O)(=O)N4CCCC4)c3)ccc2OC)cc1. The average Bonchev–Trinajstić information content (AvgIpc) is 3.44. The van der Waals surface area contributed by atoms with Crippen LogP contribution in [0.1, 0.15) is 23.2 Å². The lowest BCUT2D eigenvalue weighted by Gasteiger charge is -2.18. The molecule has 4 rings (SSSR count). The first-order chi connectivity index (χ1) is 16.9. The van der Waals surface area contributed by atoms with Crippen LogP contribution in [0.4, 0.5) is 5.69 Å². The van der Waals surface area contributed by atoms with Crippen molar-refractivity contribution in [2.45, 2.75) is 17.7 Å². The Morgan fingerprint density at radius 2 is 1.49 bits per heavy atom. The highest BCUT2D eigenvalue weighted by molar-refractivity contribution is 7.89. The van der Waals surface area contributed by atoms with E-state index in [1.165, 1.54) is 23.5 Å². The molecular formula is C26H28N2O6S. The second-order valence-electron chi connectivity index (χ2n) is 8.07. The number of nitrogens with zero attached hydrogens (tertiary/aromatic N) is 1. The molecule has 0 aliphatic carbocycles. The van der Waals surface area contributed by atoms with E-state index in [0.29, 0.717) is 24.5 Å². The molecule has 1 aliphatic heterocycles. The summed E-state index contributed by atoms with van der Waals surface area (Å²) in [6.07, 6.45) is 1.63. The van der Waals surface area contributed by atoms with Crippen LogP contribution in [-0.4, -0.2) is 53.0 Å². The van der Waals surface area contributed by atoms with Gasteiger partial charge in [0.1, 0.15) is 22.1 Å². The fourth-order valence-electron chi connectivity index (χ4n) is 4.07. The van der Waals surface area contributed by atoms with Crippen LogP contribution >= 0.6 is 0 Å². The van der Waals surface area contributed by atoms with Crippen LogP contribution in [0.5, 0.6) is 17.2 Å². The zero-order valence-corrected chi connectivity index (χ0v) is 20.7. The van der Waals surface area contributed by atoms with Gasteiger partial charge in [-0.15, -0.1) is 0 Å². The Hall–Kier alpha value is -3.56. The third-order valence-electron chi connectivity index (χ3n) is 5.97. The van der Waals surface area contributed by atoms with Crippen molar-refractivity contribution >= 4 is 21.6 Å². The maximum atomic E-state index is 13.2. The second-order valence-corrected chi connectivity index (χ2v) is 9.98. The van der Waals surface area contributed by atoms with E-state index in [0.717, 1.165) is 29.7 Å². The molecule has 1 aliphatic rings. The first-order valence-corrected chi connectivity index (χ1v) is 12.6. The van der Waals surface area contributed by atoms with Crippen molar-refractivity contribution in [3.63, 3.8) is 0 Å². The predicted molar refractivity (Wildman–Crippen MR) is 134 cm³/mol. The van der Waals surface area contributed by atoms with Gasteiger partial charge >= 0.3 is 0 Å². The lowest BCUT2D eigenvalue weighted by Crippen LogP contribution is -2.28. The van der Waals surface area contributed by atoms with Crippen molar-refractivity contribution in [3.8, 4) is 28.4 Å². The minimum absolute atomic E-state index is 0.0109. The number of sulfonamides is 1. The smallest absolute Gasteiger partial charge is 0.255 e. The number of rotatable bonds is 8. The number of benzene rings is 3. The Morgan fingerprint density at radius 3 is 2.11 bits per heavy atom. The van der Waals surface area contributed by atoms with E-state index in [4.69, 9.17) is 14.2 Å². The van der Waals surface area contributed by atoms with Gasteiger partial charge in [0, 0.05) is 29.9 Å². The molecule has 0 spiro atoms. The molecule has 1 heterocycles. The summed E-state index contributed by atoms with van der Waals surface area (Å²) in [5.74, 6) is 1.16. The summed E-state index contributed by atoms with van der Waals surface area (Å²) in [5, 5.41) is 2.86. The van der Waals surface area contributed by atoms with Gasteiger partial charge in [-0.25, -0.2) is 8.42 Å². The number of methoxy groups -OCH3 is 3. The summed E-state index contributed by atoms with van der Waals surface area (Å²) in [7, 11) is 0.834. The van der Waals surface area contributed by atoms with Gasteiger partial charge in [0.25, 0.3) is 5.91 Å². The highest BCUT2D eigenvalue weighted by atomic mass is 32.2. The van der Waals surface area contributed by atoms with Crippen molar-refractivity contribution in [3.05, 3.63) is 66.2 Å². The molecule has 0 saturated carbocycles. The van der Waals surface area contributed by atoms with Crippen LogP contribution in [0, 0.1) is 0 Å². The van der Waals surface area contributed by atoms with Crippen molar-refractivity contribution in [2.24, 2.45) is 0 Å². The largest absolute Gasteiger partial charge is 0.497 e. The van der Waals surface area contributed by atoms with Gasteiger partial charge in [-0.3, -0.25) is 4.79 Å². The average molecular weight is 497 g/mol. The van der Waals surface area contributed by atoms with Crippen LogP contribution < -0.4 is 19.5 Å². The first-order valence-electron chi connectivity index (χ1n) is 11.2. The molecule has 35 heavy (non-hydrogen) atoms. The minimum Gasteiger partial charge on any atom is -0.497 e. The Balaban J connectivity index is 1.63. The Kier molecular flexibility index (Phi) is 7.28. The van der Waals surface area contributed by atoms with Crippen LogP contribution in [0.3, 0.4) is 0 Å². The van der Waals surface area contributed by atoms with Gasteiger partial charge in [0.15, 0.2) is 0 Å². The van der Waals surface area contributed by atoms with Gasteiger partial charge in [-0.1, -0.05) is 12.1 Å². The van der Waals surface area contributed by atoms with Crippen molar-refractivity contribution in [2.75, 3.05) is 39.7 Å². The third kappa shape index (κ3) is 5.11. The van der Waals surface area contributed by atoms with Crippen LogP contribution in [0.2, 0.25) is 0 Å². The number of hydrogen-bond acceptors (Lipinski definition) is 6. The molecule has 0 unspecified atom stereocenters. The Morgan fingerprint density at radius 1 is 0.829 bits per heavy atom. The fourth-order valence-corrected chi connectivity index (χ4v) is 5.77. The van der Waals surface area contributed by atoms with Gasteiger partial charge < -0.3 is 19.5 Å². The predicted octanol–water partition coefficient (Wildman–Crippen LogP) is 4.42. The van der Waals surface area contributed by atoms with Crippen molar-refractivity contribution < 1.29 is 27.4 Å². The van der Waals surface area contributed by atoms with E-state index >= 15 is 0 Å². The van der Waals surface area contributed by atoms with Crippen LogP contribution in [0.15, 0.2) is 65.6 Å². The molecule has 1 fully saturated rings. The molecule has 184 valence electrons. The molecular weight excluding hydrogens is 468 g/mol. The summed E-state index contributed by atoms with van der Waals surface area (Å²) < 4.78 is 43.8. The number of anilines is 1. The minimum atomic E-state index is -3.77. The van der Waals surface area contributed by atoms with Gasteiger partial charge in [0.05, 0.1) is 21.3 Å². The highest BCUT2D eigenvalue weighted by Crippen LogP contribution is 2.34. The quantitative estimate of drug-likeness (QED) is 0.496. The number of hydrogen-bond donors (Lipinski definition) is 1. The van der Waals surface area contributed by atoms with E-state index < -0.39 is 15.9 Å². The summed E-state index contributed by atoms with van der Waals surface area (Å²) in [6.45, 7) is 0.920. The molecule has 0 aromatic heterocycles. The standard InChI is InChI=1S/C26H28N2O6S/c1-32-21-10-6-18(7-11-21)22-17-20(9-13-23(22)33-2)27-26(29)19-8-12-24(34-3)25(16-19)35(30,31)28-14-4-5-15-28/h6-13,16-17H,4-5,14-15H2,1-3H3,(H,27,29). The lowest BCUT2D eigenvalue weighted by atomic mass is 10.0. The highest BCUT2D eigenvalue weighted by Gasteiger charge is 2.30. The number of nitrogens with one attached hydrogen (secondary N) is 1. The summed E-state index contributed by atoms with van der Waals surface area (Å²) >= 11 is 0. The van der Waals surface area contributed by atoms with Crippen molar-refractivity contribution in [1.82, 2.24) is 4.31 Å². The van der Waals surface area contributed by atoms with E-state index in [2.05, 4.69) is 5.32 Å². The zero-order chi connectivity index (χ0) is 25.0. The fraction of sp³-hybridized carbons (Fsp3) is 0.269. The van der Waals surface area contributed by atoms with Gasteiger partial charge in [-0.2, -0.15) is 4.31 Å². The molecule has 3 aromatic carbocycles.